The van der Waals surface area contributed by atoms with Gasteiger partial charge < -0.3 is 0 Å². The molecule has 3 aromatic heterocycles. The number of hydrogen-bond acceptors (Lipinski definition) is 6. The van der Waals surface area contributed by atoms with E-state index < -0.39 is 0 Å². The van der Waals surface area contributed by atoms with E-state index in [9.17, 15) is 0 Å². The summed E-state index contributed by atoms with van der Waals surface area (Å²) in [6.07, 6.45) is 4.66. The van der Waals surface area contributed by atoms with E-state index in [4.69, 9.17) is 0 Å². The summed E-state index contributed by atoms with van der Waals surface area (Å²) < 4.78 is 0. The summed E-state index contributed by atoms with van der Waals surface area (Å²) in [5, 5.41) is 0. The predicted octanol–water partition coefficient (Wildman–Crippen LogP) is 5.63. The van der Waals surface area contributed by atoms with Crippen molar-refractivity contribution in [3.05, 3.63) is 106 Å². The molecule has 0 unspecified atom stereocenters. The molecule has 3 heterocycles. The Morgan fingerprint density at radius 3 is 0.923 bits per heavy atom. The molecular formula is C33H30N6. The molecule has 4 rings (SSSR count). The van der Waals surface area contributed by atoms with Crippen LogP contribution in [0.25, 0.3) is 0 Å². The fourth-order valence-electron chi connectivity index (χ4n) is 3.52. The molecule has 39 heavy (non-hydrogen) atoms. The maximum atomic E-state index is 4.33. The van der Waals surface area contributed by atoms with Gasteiger partial charge in [-0.05, 0) is 71.9 Å². The number of aromatic nitrogens is 6. The minimum absolute atomic E-state index is 0.296. The molecule has 0 aliphatic rings. The van der Waals surface area contributed by atoms with Gasteiger partial charge in [-0.15, -0.1) is 0 Å². The molecule has 4 aromatic rings. The lowest BCUT2D eigenvalue weighted by Crippen LogP contribution is -1.95. The monoisotopic (exact) mass is 510 g/mol. The fourth-order valence-corrected chi connectivity index (χ4v) is 3.52. The van der Waals surface area contributed by atoms with Crippen molar-refractivity contribution in [2.75, 3.05) is 0 Å². The Kier molecular flexibility index (Phi) is 8.78. The second kappa shape index (κ2) is 12.6. The van der Waals surface area contributed by atoms with Crippen LogP contribution < -0.4 is 0 Å². The van der Waals surface area contributed by atoms with Crippen LogP contribution in [0.3, 0.4) is 0 Å². The minimum atomic E-state index is 0.296. The van der Waals surface area contributed by atoms with Gasteiger partial charge in [0.15, 0.2) is 0 Å². The maximum absolute atomic E-state index is 4.33. The highest BCUT2D eigenvalue weighted by Crippen LogP contribution is 2.14. The Bertz CT molecular complexity index is 1460. The first kappa shape index (κ1) is 27.2. The van der Waals surface area contributed by atoms with Crippen LogP contribution in [0.5, 0.6) is 0 Å². The Balaban J connectivity index is 1.73. The summed E-state index contributed by atoms with van der Waals surface area (Å²) in [7, 11) is 0. The largest absolute Gasteiger partial charge is 0.241 e. The predicted molar refractivity (Wildman–Crippen MR) is 153 cm³/mol. The summed E-state index contributed by atoms with van der Waals surface area (Å²) >= 11 is 0. The van der Waals surface area contributed by atoms with E-state index in [-0.39, 0.29) is 0 Å². The molecule has 0 bridgehead atoms. The van der Waals surface area contributed by atoms with Crippen molar-refractivity contribution >= 4 is 0 Å². The first-order valence-corrected chi connectivity index (χ1v) is 12.9. The number of rotatable bonds is 3. The zero-order chi connectivity index (χ0) is 27.8. The fraction of sp³-hybridized carbons (Fsp3) is 0.273. The highest BCUT2D eigenvalue weighted by atomic mass is 14.8. The van der Waals surface area contributed by atoms with Gasteiger partial charge >= 0.3 is 0 Å². The molecule has 0 radical (unpaired) electrons. The third-order valence-electron chi connectivity index (χ3n) is 5.78. The lowest BCUT2D eigenvalue weighted by molar-refractivity contribution is 0.812. The van der Waals surface area contributed by atoms with Crippen molar-refractivity contribution in [3.63, 3.8) is 0 Å². The van der Waals surface area contributed by atoms with Crippen LogP contribution in [-0.2, 0) is 0 Å². The molecule has 0 amide bonds. The van der Waals surface area contributed by atoms with E-state index in [1.165, 1.54) is 0 Å². The van der Waals surface area contributed by atoms with Crippen LogP contribution in [-0.4, -0.2) is 29.9 Å². The number of benzene rings is 1. The molecule has 0 atom stereocenters. The first-order chi connectivity index (χ1) is 18.8. The van der Waals surface area contributed by atoms with Gasteiger partial charge in [-0.2, -0.15) is 0 Å². The molecule has 0 saturated carbocycles. The van der Waals surface area contributed by atoms with Gasteiger partial charge in [0.2, 0.25) is 0 Å². The lowest BCUT2D eigenvalue weighted by atomic mass is 10.0. The summed E-state index contributed by atoms with van der Waals surface area (Å²) in [6.45, 7) is 12.6. The van der Waals surface area contributed by atoms with Gasteiger partial charge in [0.05, 0.1) is 0 Å². The molecule has 0 saturated heterocycles. The van der Waals surface area contributed by atoms with Gasteiger partial charge in [0, 0.05) is 33.8 Å². The number of hydrogen-bond donors (Lipinski definition) is 0. The van der Waals surface area contributed by atoms with Crippen LogP contribution in [0, 0.1) is 35.5 Å². The molecule has 6 heteroatoms. The summed E-state index contributed by atoms with van der Waals surface area (Å²) in [5.41, 5.74) is 7.22. The standard InChI is InChI=1S/C33H30N6/c1-22(2)31-16-28(34-19-37-31)10-7-25-13-26(8-11-29-17-32(23(3)4)38-20-35-29)15-27(14-25)9-12-30-18-33(24(5)6)39-21-36-30/h13-24H,1-6H3. The second-order valence-corrected chi connectivity index (χ2v) is 10.00. The third kappa shape index (κ3) is 7.81. The van der Waals surface area contributed by atoms with Crippen molar-refractivity contribution < 1.29 is 0 Å². The van der Waals surface area contributed by atoms with Crippen molar-refractivity contribution in [1.29, 1.82) is 0 Å². The van der Waals surface area contributed by atoms with Gasteiger partial charge in [-0.3, -0.25) is 0 Å². The Morgan fingerprint density at radius 2 is 0.667 bits per heavy atom. The van der Waals surface area contributed by atoms with E-state index in [1.807, 2.05) is 36.4 Å². The van der Waals surface area contributed by atoms with Crippen molar-refractivity contribution in [3.8, 4) is 35.5 Å². The molecule has 192 valence electrons. The first-order valence-electron chi connectivity index (χ1n) is 12.9. The maximum Gasteiger partial charge on any atom is 0.117 e. The van der Waals surface area contributed by atoms with E-state index in [2.05, 4.69) is 107 Å². The molecule has 6 nitrogen and oxygen atoms in total. The quantitative estimate of drug-likeness (QED) is 0.333. The number of nitrogens with zero attached hydrogens (tertiary/aromatic N) is 6. The zero-order valence-corrected chi connectivity index (χ0v) is 23.1. The molecule has 0 aliphatic carbocycles. The average Bonchev–Trinajstić information content (AvgIpc) is 2.94. The summed E-state index contributed by atoms with van der Waals surface area (Å²) in [5.74, 6) is 20.0. The Labute approximate surface area is 230 Å². The van der Waals surface area contributed by atoms with E-state index in [1.54, 1.807) is 19.0 Å². The van der Waals surface area contributed by atoms with E-state index in [0.29, 0.717) is 34.8 Å². The van der Waals surface area contributed by atoms with E-state index >= 15 is 0 Å². The van der Waals surface area contributed by atoms with E-state index in [0.717, 1.165) is 33.8 Å². The second-order valence-electron chi connectivity index (χ2n) is 10.00. The molecule has 0 fully saturated rings. The Morgan fingerprint density at radius 1 is 0.385 bits per heavy atom. The third-order valence-corrected chi connectivity index (χ3v) is 5.78. The lowest BCUT2D eigenvalue weighted by Gasteiger charge is -2.03. The smallest absolute Gasteiger partial charge is 0.117 e. The van der Waals surface area contributed by atoms with Crippen LogP contribution in [0.15, 0.2) is 55.4 Å². The summed E-state index contributed by atoms with van der Waals surface area (Å²) in [4.78, 5) is 25.9. The molecule has 0 aliphatic heterocycles. The molecule has 1 aromatic carbocycles. The highest BCUT2D eigenvalue weighted by molar-refractivity contribution is 5.54. The van der Waals surface area contributed by atoms with Gasteiger partial charge in [-0.25, -0.2) is 29.9 Å². The molecule has 0 N–H and O–H groups in total. The van der Waals surface area contributed by atoms with Gasteiger partial charge in [0.25, 0.3) is 0 Å². The average molecular weight is 511 g/mol. The van der Waals surface area contributed by atoms with Crippen LogP contribution >= 0.6 is 0 Å². The molecule has 0 spiro atoms. The van der Waals surface area contributed by atoms with Gasteiger partial charge in [0.1, 0.15) is 36.1 Å². The molecular weight excluding hydrogens is 480 g/mol. The summed E-state index contributed by atoms with van der Waals surface area (Å²) in [6, 6.07) is 11.6. The van der Waals surface area contributed by atoms with Crippen molar-refractivity contribution in [1.82, 2.24) is 29.9 Å². The highest BCUT2D eigenvalue weighted by Gasteiger charge is 2.04. The zero-order valence-electron chi connectivity index (χ0n) is 23.1. The van der Waals surface area contributed by atoms with Crippen molar-refractivity contribution in [2.45, 2.75) is 59.3 Å². The van der Waals surface area contributed by atoms with Gasteiger partial charge in [-0.1, -0.05) is 59.3 Å². The minimum Gasteiger partial charge on any atom is -0.241 e. The van der Waals surface area contributed by atoms with Crippen LogP contribution in [0.4, 0.5) is 0 Å². The SMILES string of the molecule is CC(C)c1cc(C#Cc2cc(C#Cc3cc(C(C)C)ncn3)cc(C#Cc3cc(C(C)C)ncn3)c2)ncn1. The van der Waals surface area contributed by atoms with Crippen LogP contribution in [0.2, 0.25) is 0 Å². The van der Waals surface area contributed by atoms with Crippen molar-refractivity contribution in [2.24, 2.45) is 0 Å². The van der Waals surface area contributed by atoms with Crippen LogP contribution in [0.1, 0.15) is 110 Å². The Hall–Kier alpha value is -4.86. The topological polar surface area (TPSA) is 77.3 Å². The normalized spacial score (nSPS) is 10.4.